The van der Waals surface area contributed by atoms with Gasteiger partial charge in [-0.3, -0.25) is 0 Å². The Morgan fingerprint density at radius 2 is 1.81 bits per heavy atom. The van der Waals surface area contributed by atoms with Crippen molar-refractivity contribution in [1.82, 2.24) is 14.8 Å². The van der Waals surface area contributed by atoms with Crippen molar-refractivity contribution < 1.29 is 18.7 Å². The summed E-state index contributed by atoms with van der Waals surface area (Å²) in [5, 5.41) is 18.3. The van der Waals surface area contributed by atoms with Crippen LogP contribution in [0.2, 0.25) is 5.02 Å². The molecule has 0 unspecified atom stereocenters. The Kier molecular flexibility index (Phi) is 6.16. The molecule has 9 heteroatoms. The van der Waals surface area contributed by atoms with Gasteiger partial charge in [-0.05, 0) is 91.8 Å². The van der Waals surface area contributed by atoms with E-state index in [9.17, 15) is 14.3 Å². The number of carboxylic acids is 1. The van der Waals surface area contributed by atoms with Gasteiger partial charge in [-0.2, -0.15) is 0 Å². The van der Waals surface area contributed by atoms with Gasteiger partial charge < -0.3 is 14.1 Å². The number of hydrogen-bond donors (Lipinski definition) is 1. The number of nitrogens with zero attached hydrogens (tertiary/aromatic N) is 3. The Morgan fingerprint density at radius 1 is 1.12 bits per heavy atom. The lowest BCUT2D eigenvalue weighted by Crippen LogP contribution is -2.00. The zero-order valence-electron chi connectivity index (χ0n) is 17.0. The lowest BCUT2D eigenvalue weighted by molar-refractivity contribution is -0.131. The molecule has 2 aromatic heterocycles. The van der Waals surface area contributed by atoms with Gasteiger partial charge in [0.2, 0.25) is 5.89 Å². The monoisotopic (exact) mass is 469 g/mol. The molecule has 0 aliphatic rings. The number of aromatic nitrogens is 3. The number of thioether (sulfide) groups is 1. The quantitative estimate of drug-likeness (QED) is 0.269. The van der Waals surface area contributed by atoms with Gasteiger partial charge >= 0.3 is 5.97 Å². The second-order valence-corrected chi connectivity index (χ2v) is 8.36. The van der Waals surface area contributed by atoms with Crippen molar-refractivity contribution in [3.8, 4) is 17.1 Å². The van der Waals surface area contributed by atoms with Crippen LogP contribution in [0.3, 0.4) is 0 Å². The number of carbonyl (C=O) groups is 1. The van der Waals surface area contributed by atoms with Gasteiger partial charge in [0.25, 0.3) is 5.22 Å². The van der Waals surface area contributed by atoms with E-state index in [0.717, 1.165) is 28.8 Å². The third kappa shape index (κ3) is 4.61. The second-order valence-electron chi connectivity index (χ2n) is 6.93. The number of aliphatic carboxylic acids is 1. The Balaban J connectivity index is 1.63. The largest absolute Gasteiger partial charge is 0.477 e. The van der Waals surface area contributed by atoms with Gasteiger partial charge in [-0.15, -0.1) is 10.2 Å². The van der Waals surface area contributed by atoms with Crippen LogP contribution in [0.4, 0.5) is 4.39 Å². The molecule has 0 aliphatic carbocycles. The van der Waals surface area contributed by atoms with Crippen LogP contribution in [-0.4, -0.2) is 25.8 Å². The summed E-state index contributed by atoms with van der Waals surface area (Å²) in [6.07, 6.45) is 1.56. The van der Waals surface area contributed by atoms with E-state index in [1.54, 1.807) is 42.5 Å². The SMILES string of the molecule is Cc1cc(/C=C(\Sc2nnc(-c3ccc(Cl)cc3)o2)C(=O)O)c(C)n1-c1ccc(F)cc1. The third-order valence-electron chi connectivity index (χ3n) is 4.75. The highest BCUT2D eigenvalue weighted by Gasteiger charge is 2.18. The molecule has 162 valence electrons. The van der Waals surface area contributed by atoms with Crippen molar-refractivity contribution in [1.29, 1.82) is 0 Å². The van der Waals surface area contributed by atoms with Crippen LogP contribution in [-0.2, 0) is 4.79 Å². The molecular weight excluding hydrogens is 453 g/mol. The van der Waals surface area contributed by atoms with Gasteiger partial charge in [-0.25, -0.2) is 9.18 Å². The molecule has 32 heavy (non-hydrogen) atoms. The normalized spacial score (nSPS) is 11.7. The fraction of sp³-hybridized carbons (Fsp3) is 0.0870. The first-order valence-electron chi connectivity index (χ1n) is 9.49. The number of carboxylic acid groups (broad SMARTS) is 1. The molecule has 0 fully saturated rings. The molecule has 0 aliphatic heterocycles. The lowest BCUT2D eigenvalue weighted by Gasteiger charge is -2.09. The highest BCUT2D eigenvalue weighted by Crippen LogP contribution is 2.32. The van der Waals surface area contributed by atoms with E-state index in [4.69, 9.17) is 16.0 Å². The van der Waals surface area contributed by atoms with Crippen LogP contribution >= 0.6 is 23.4 Å². The summed E-state index contributed by atoms with van der Waals surface area (Å²) in [6.45, 7) is 3.77. The predicted molar refractivity (Wildman–Crippen MR) is 121 cm³/mol. The van der Waals surface area contributed by atoms with Crippen molar-refractivity contribution in [2.45, 2.75) is 19.1 Å². The molecule has 2 heterocycles. The molecule has 0 radical (unpaired) electrons. The Morgan fingerprint density at radius 3 is 2.47 bits per heavy atom. The zero-order chi connectivity index (χ0) is 22.8. The summed E-state index contributed by atoms with van der Waals surface area (Å²) >= 11 is 6.76. The Bertz CT molecular complexity index is 1310. The van der Waals surface area contributed by atoms with Crippen molar-refractivity contribution in [2.24, 2.45) is 0 Å². The number of aryl methyl sites for hydroxylation is 1. The topological polar surface area (TPSA) is 81.2 Å². The Hall–Kier alpha value is -3.36. The molecule has 4 aromatic rings. The van der Waals surface area contributed by atoms with E-state index in [2.05, 4.69) is 10.2 Å². The number of hydrogen-bond acceptors (Lipinski definition) is 5. The summed E-state index contributed by atoms with van der Waals surface area (Å²) in [4.78, 5) is 11.9. The second kappa shape index (κ2) is 9.02. The van der Waals surface area contributed by atoms with Crippen LogP contribution in [0.25, 0.3) is 23.2 Å². The van der Waals surface area contributed by atoms with Crippen LogP contribution < -0.4 is 0 Å². The molecule has 0 bridgehead atoms. The average molecular weight is 470 g/mol. The molecule has 6 nitrogen and oxygen atoms in total. The summed E-state index contributed by atoms with van der Waals surface area (Å²) in [5.74, 6) is -1.17. The van der Waals surface area contributed by atoms with Gasteiger partial charge in [0.15, 0.2) is 0 Å². The highest BCUT2D eigenvalue weighted by atomic mass is 35.5. The van der Waals surface area contributed by atoms with Gasteiger partial charge in [0, 0.05) is 27.7 Å². The third-order valence-corrected chi connectivity index (χ3v) is 5.85. The van der Waals surface area contributed by atoms with Gasteiger partial charge in [0.1, 0.15) is 10.7 Å². The van der Waals surface area contributed by atoms with E-state index < -0.39 is 5.97 Å². The highest BCUT2D eigenvalue weighted by molar-refractivity contribution is 8.03. The zero-order valence-corrected chi connectivity index (χ0v) is 18.6. The summed E-state index contributed by atoms with van der Waals surface area (Å²) in [7, 11) is 0. The lowest BCUT2D eigenvalue weighted by atomic mass is 10.2. The standard InChI is InChI=1S/C23H17ClFN3O3S/c1-13-11-16(14(2)28(13)19-9-7-18(25)8-10-19)12-20(22(29)30)32-23-27-26-21(31-23)15-3-5-17(24)6-4-15/h3-12H,1-2H3,(H,29,30)/b20-12-. The van der Waals surface area contributed by atoms with E-state index >= 15 is 0 Å². The average Bonchev–Trinajstić information content (AvgIpc) is 3.33. The van der Waals surface area contributed by atoms with Crippen molar-refractivity contribution >= 4 is 35.4 Å². The van der Waals surface area contributed by atoms with Crippen molar-refractivity contribution in [2.75, 3.05) is 0 Å². The van der Waals surface area contributed by atoms with E-state index in [1.165, 1.54) is 12.1 Å². The van der Waals surface area contributed by atoms with Gasteiger partial charge in [-0.1, -0.05) is 11.6 Å². The minimum atomic E-state index is -1.12. The van der Waals surface area contributed by atoms with Crippen LogP contribution in [0.5, 0.6) is 0 Å². The van der Waals surface area contributed by atoms with Crippen LogP contribution in [0, 0.1) is 19.7 Å². The molecule has 0 atom stereocenters. The van der Waals surface area contributed by atoms with Crippen LogP contribution in [0.1, 0.15) is 17.0 Å². The molecule has 0 saturated carbocycles. The van der Waals surface area contributed by atoms with E-state index in [1.807, 2.05) is 24.5 Å². The fourth-order valence-electron chi connectivity index (χ4n) is 3.25. The maximum atomic E-state index is 13.3. The minimum Gasteiger partial charge on any atom is -0.477 e. The fourth-order valence-corrected chi connectivity index (χ4v) is 4.04. The number of benzene rings is 2. The van der Waals surface area contributed by atoms with E-state index in [0.29, 0.717) is 16.1 Å². The first-order valence-corrected chi connectivity index (χ1v) is 10.7. The molecule has 0 spiro atoms. The van der Waals surface area contributed by atoms with Crippen molar-refractivity contribution in [3.05, 3.63) is 87.3 Å². The molecular formula is C23H17ClFN3O3S. The van der Waals surface area contributed by atoms with Crippen LogP contribution in [0.15, 0.2) is 69.1 Å². The summed E-state index contributed by atoms with van der Waals surface area (Å²) in [5.41, 5.74) is 3.89. The van der Waals surface area contributed by atoms with E-state index in [-0.39, 0.29) is 21.8 Å². The Labute approximate surface area is 192 Å². The maximum Gasteiger partial charge on any atom is 0.342 e. The predicted octanol–water partition coefficient (Wildman–Crippen LogP) is 6.15. The van der Waals surface area contributed by atoms with Crippen molar-refractivity contribution in [3.63, 3.8) is 0 Å². The molecule has 4 rings (SSSR count). The molecule has 1 N–H and O–H groups in total. The summed E-state index contributed by atoms with van der Waals surface area (Å²) < 4.78 is 20.8. The smallest absolute Gasteiger partial charge is 0.342 e. The first kappa shape index (κ1) is 21.9. The molecule has 2 aromatic carbocycles. The summed E-state index contributed by atoms with van der Waals surface area (Å²) in [6, 6.07) is 14.9. The number of rotatable bonds is 6. The first-order chi connectivity index (χ1) is 15.3. The molecule has 0 amide bonds. The van der Waals surface area contributed by atoms with Gasteiger partial charge in [0.05, 0.1) is 0 Å². The maximum absolute atomic E-state index is 13.3. The minimum absolute atomic E-state index is 0.0238. The molecule has 0 saturated heterocycles. The number of halogens is 2.